The lowest BCUT2D eigenvalue weighted by Gasteiger charge is -2.15. The number of nitrogens with one attached hydrogen (secondary N) is 1. The molecule has 0 spiro atoms. The number of anilines is 1. The SMILES string of the molecule is Nc1nc(CC(=O)Nn2c3c(c4ccccc4c2=O)C(=O)c2ccccc2-3)cs1. The zero-order valence-electron chi connectivity index (χ0n) is 15.0. The van der Waals surface area contributed by atoms with Gasteiger partial charge in [-0.3, -0.25) is 19.8 Å². The van der Waals surface area contributed by atoms with Crippen LogP contribution in [0, 0.1) is 0 Å². The Morgan fingerprint density at radius 2 is 1.72 bits per heavy atom. The maximum atomic E-state index is 13.2. The van der Waals surface area contributed by atoms with Gasteiger partial charge in [0.1, 0.15) is 0 Å². The maximum Gasteiger partial charge on any atom is 0.277 e. The molecule has 1 aliphatic carbocycles. The number of nitrogen functional groups attached to an aromatic ring is 1. The molecule has 0 unspecified atom stereocenters. The number of aromatic nitrogens is 2. The van der Waals surface area contributed by atoms with Crippen molar-refractivity contribution in [1.82, 2.24) is 9.66 Å². The Morgan fingerprint density at radius 3 is 2.45 bits per heavy atom. The van der Waals surface area contributed by atoms with Crippen LogP contribution in [0.3, 0.4) is 0 Å². The summed E-state index contributed by atoms with van der Waals surface area (Å²) >= 11 is 1.24. The number of carbonyl (C=O) groups is 2. The van der Waals surface area contributed by atoms with Crippen molar-refractivity contribution in [2.24, 2.45) is 0 Å². The van der Waals surface area contributed by atoms with Gasteiger partial charge in [0.05, 0.1) is 23.4 Å². The van der Waals surface area contributed by atoms with E-state index < -0.39 is 11.5 Å². The Labute approximate surface area is 168 Å². The van der Waals surface area contributed by atoms with Gasteiger partial charge in [-0.15, -0.1) is 11.3 Å². The standard InChI is InChI=1S/C21H14N4O3S/c22-21-23-11(10-29-21)9-16(26)24-25-18-13-6-2-3-7-14(13)19(27)17(18)12-5-1-4-8-15(12)20(25)28/h1-8,10H,9H2,(H2,22,23)(H,24,26). The summed E-state index contributed by atoms with van der Waals surface area (Å²) in [5.41, 5.74) is 10.4. The number of hydrogen-bond donors (Lipinski definition) is 2. The lowest BCUT2D eigenvalue weighted by Crippen LogP contribution is -2.35. The molecule has 0 radical (unpaired) electrons. The summed E-state index contributed by atoms with van der Waals surface area (Å²) in [5, 5.41) is 3.01. The van der Waals surface area contributed by atoms with Crippen molar-refractivity contribution in [3.05, 3.63) is 81.1 Å². The van der Waals surface area contributed by atoms with Crippen LogP contribution in [0.25, 0.3) is 22.0 Å². The van der Waals surface area contributed by atoms with Crippen molar-refractivity contribution in [2.45, 2.75) is 6.42 Å². The van der Waals surface area contributed by atoms with Crippen molar-refractivity contribution in [3.63, 3.8) is 0 Å². The molecule has 1 aliphatic rings. The minimum atomic E-state index is -0.424. The third-order valence-corrected chi connectivity index (χ3v) is 5.61. The number of hydrogen-bond acceptors (Lipinski definition) is 6. The van der Waals surface area contributed by atoms with E-state index in [2.05, 4.69) is 10.4 Å². The lowest BCUT2D eigenvalue weighted by atomic mass is 10.0. The van der Waals surface area contributed by atoms with Crippen molar-refractivity contribution in [2.75, 3.05) is 11.2 Å². The predicted octanol–water partition coefficient (Wildman–Crippen LogP) is 2.56. The van der Waals surface area contributed by atoms with Crippen molar-refractivity contribution >= 4 is 38.9 Å². The van der Waals surface area contributed by atoms with Gasteiger partial charge in [0.2, 0.25) is 5.91 Å². The van der Waals surface area contributed by atoms with Gasteiger partial charge in [-0.05, 0) is 6.07 Å². The number of pyridine rings is 1. The molecule has 2 aromatic heterocycles. The molecule has 1 amide bonds. The minimum absolute atomic E-state index is 0.0304. The number of fused-ring (bicyclic) bond motifs is 5. The fraction of sp³-hybridized carbons (Fsp3) is 0.0476. The summed E-state index contributed by atoms with van der Waals surface area (Å²) in [5.74, 6) is -0.589. The highest BCUT2D eigenvalue weighted by Gasteiger charge is 2.32. The first kappa shape index (κ1) is 17.3. The van der Waals surface area contributed by atoms with Crippen LogP contribution in [-0.4, -0.2) is 21.4 Å². The van der Waals surface area contributed by atoms with E-state index >= 15 is 0 Å². The van der Waals surface area contributed by atoms with Gasteiger partial charge in [-0.25, -0.2) is 9.66 Å². The number of amides is 1. The van der Waals surface area contributed by atoms with Gasteiger partial charge in [0, 0.05) is 27.3 Å². The second-order valence-electron chi connectivity index (χ2n) is 6.67. The summed E-state index contributed by atoms with van der Waals surface area (Å²) < 4.78 is 1.18. The van der Waals surface area contributed by atoms with Crippen LogP contribution in [0.1, 0.15) is 21.6 Å². The third-order valence-electron chi connectivity index (χ3n) is 4.89. The van der Waals surface area contributed by atoms with Crippen molar-refractivity contribution < 1.29 is 9.59 Å². The van der Waals surface area contributed by atoms with Crippen LogP contribution >= 0.6 is 11.3 Å². The van der Waals surface area contributed by atoms with Crippen LogP contribution in [0.5, 0.6) is 0 Å². The highest BCUT2D eigenvalue weighted by Crippen LogP contribution is 2.38. The van der Waals surface area contributed by atoms with E-state index in [-0.39, 0.29) is 12.2 Å². The van der Waals surface area contributed by atoms with E-state index in [9.17, 15) is 14.4 Å². The highest BCUT2D eigenvalue weighted by atomic mass is 32.1. The smallest absolute Gasteiger partial charge is 0.277 e. The molecule has 7 nitrogen and oxygen atoms in total. The lowest BCUT2D eigenvalue weighted by molar-refractivity contribution is -0.116. The summed E-state index contributed by atoms with van der Waals surface area (Å²) in [6.45, 7) is 0. The molecule has 142 valence electrons. The number of rotatable bonds is 3. The van der Waals surface area contributed by atoms with E-state index in [0.717, 1.165) is 0 Å². The quantitative estimate of drug-likeness (QED) is 0.482. The van der Waals surface area contributed by atoms with E-state index in [1.807, 2.05) is 0 Å². The molecule has 0 aliphatic heterocycles. The molecule has 0 fully saturated rings. The monoisotopic (exact) mass is 402 g/mol. The number of benzene rings is 2. The zero-order chi connectivity index (χ0) is 20.1. The second-order valence-corrected chi connectivity index (χ2v) is 7.56. The number of nitrogens with zero attached hydrogens (tertiary/aromatic N) is 2. The summed E-state index contributed by atoms with van der Waals surface area (Å²) in [7, 11) is 0. The second kappa shape index (κ2) is 6.39. The predicted molar refractivity (Wildman–Crippen MR) is 112 cm³/mol. The van der Waals surface area contributed by atoms with E-state index in [4.69, 9.17) is 5.73 Å². The molecule has 4 aromatic rings. The van der Waals surface area contributed by atoms with Crippen LogP contribution in [-0.2, 0) is 11.2 Å². The van der Waals surface area contributed by atoms with E-state index in [0.29, 0.717) is 44.0 Å². The number of nitrogens with two attached hydrogens (primary N) is 1. The Morgan fingerprint density at radius 1 is 1.03 bits per heavy atom. The van der Waals surface area contributed by atoms with E-state index in [1.54, 1.807) is 53.9 Å². The topological polar surface area (TPSA) is 107 Å². The van der Waals surface area contributed by atoms with Gasteiger partial charge < -0.3 is 5.73 Å². The summed E-state index contributed by atoms with van der Waals surface area (Å²) in [6.07, 6.45) is -0.0304. The van der Waals surface area contributed by atoms with Gasteiger partial charge in [-0.1, -0.05) is 42.5 Å². The molecular weight excluding hydrogens is 388 g/mol. The molecule has 0 saturated heterocycles. The number of ketones is 1. The third kappa shape index (κ3) is 2.65. The first-order chi connectivity index (χ1) is 14.0. The molecule has 29 heavy (non-hydrogen) atoms. The first-order valence-electron chi connectivity index (χ1n) is 8.86. The van der Waals surface area contributed by atoms with Crippen LogP contribution in [0.2, 0.25) is 0 Å². The molecule has 0 atom stereocenters. The average molecular weight is 402 g/mol. The molecule has 0 bridgehead atoms. The molecule has 8 heteroatoms. The normalized spacial score (nSPS) is 12.1. The van der Waals surface area contributed by atoms with Gasteiger partial charge in [0.15, 0.2) is 10.9 Å². The van der Waals surface area contributed by atoms with Crippen LogP contribution in [0.15, 0.2) is 58.7 Å². The Hall–Kier alpha value is -3.78. The number of thiazole rings is 1. The molecular formula is C21H14N4O3S. The van der Waals surface area contributed by atoms with Gasteiger partial charge >= 0.3 is 0 Å². The molecule has 2 heterocycles. The molecule has 3 N–H and O–H groups in total. The van der Waals surface area contributed by atoms with Crippen molar-refractivity contribution in [1.29, 1.82) is 0 Å². The highest BCUT2D eigenvalue weighted by molar-refractivity contribution is 7.13. The molecule has 5 rings (SSSR count). The minimum Gasteiger partial charge on any atom is -0.375 e. The van der Waals surface area contributed by atoms with Gasteiger partial charge in [-0.2, -0.15) is 0 Å². The largest absolute Gasteiger partial charge is 0.375 e. The average Bonchev–Trinajstić information content (AvgIpc) is 3.26. The number of carbonyl (C=O) groups excluding carboxylic acids is 2. The maximum absolute atomic E-state index is 13.2. The van der Waals surface area contributed by atoms with Crippen molar-refractivity contribution in [3.8, 4) is 11.3 Å². The Kier molecular flexibility index (Phi) is 3.82. The van der Waals surface area contributed by atoms with Gasteiger partial charge in [0.25, 0.3) is 5.56 Å². The summed E-state index contributed by atoms with van der Waals surface area (Å²) in [6, 6.07) is 14.0. The molecule has 2 aromatic carbocycles. The fourth-order valence-electron chi connectivity index (χ4n) is 3.70. The van der Waals surface area contributed by atoms with Crippen LogP contribution in [0.4, 0.5) is 5.13 Å². The summed E-state index contributed by atoms with van der Waals surface area (Å²) in [4.78, 5) is 43.0. The Bertz CT molecular complexity index is 1390. The van der Waals surface area contributed by atoms with Crippen LogP contribution < -0.4 is 16.7 Å². The Balaban J connectivity index is 1.70. The molecule has 0 saturated carbocycles. The zero-order valence-corrected chi connectivity index (χ0v) is 15.8. The fourth-order valence-corrected chi connectivity index (χ4v) is 4.26. The van der Waals surface area contributed by atoms with E-state index in [1.165, 1.54) is 16.0 Å². The first-order valence-corrected chi connectivity index (χ1v) is 9.74.